The van der Waals surface area contributed by atoms with Crippen molar-refractivity contribution in [1.29, 1.82) is 0 Å². The molecule has 24 heavy (non-hydrogen) atoms. The fourth-order valence-corrected chi connectivity index (χ4v) is 2.27. The van der Waals surface area contributed by atoms with Gasteiger partial charge < -0.3 is 30.6 Å². The largest absolute Gasteiger partial charge is 0.509 e. The molecule has 136 valence electrons. The summed E-state index contributed by atoms with van der Waals surface area (Å²) in [6.07, 6.45) is -6.71. The lowest BCUT2D eigenvalue weighted by Crippen LogP contribution is -2.49. The highest BCUT2D eigenvalue weighted by Crippen LogP contribution is 2.18. The minimum atomic E-state index is -1.91. The summed E-state index contributed by atoms with van der Waals surface area (Å²) in [4.78, 5) is 0. The van der Waals surface area contributed by atoms with Crippen LogP contribution in [0.4, 0.5) is 4.39 Å². The topological polar surface area (TPSA) is 121 Å². The second kappa shape index (κ2) is 9.10. The van der Waals surface area contributed by atoms with E-state index in [1.54, 1.807) is 6.92 Å². The van der Waals surface area contributed by atoms with Crippen molar-refractivity contribution in [3.05, 3.63) is 40.9 Å². The van der Waals surface area contributed by atoms with Crippen LogP contribution in [0.15, 0.2) is 24.0 Å². The molecule has 1 aromatic rings. The first kappa shape index (κ1) is 20.5. The van der Waals surface area contributed by atoms with Gasteiger partial charge >= 0.3 is 0 Å². The summed E-state index contributed by atoms with van der Waals surface area (Å²) in [5.41, 5.74) is 0.725. The number of aliphatic hydroxyl groups is 6. The highest BCUT2D eigenvalue weighted by atomic mass is 19.1. The molecule has 0 aliphatic rings. The highest BCUT2D eigenvalue weighted by Gasteiger charge is 2.35. The van der Waals surface area contributed by atoms with E-state index in [0.717, 1.165) is 6.08 Å². The summed E-state index contributed by atoms with van der Waals surface area (Å²) in [6.45, 7) is 3.30. The molecule has 0 fully saturated rings. The zero-order valence-electron chi connectivity index (χ0n) is 13.7. The van der Waals surface area contributed by atoms with Crippen LogP contribution in [0.3, 0.4) is 0 Å². The Morgan fingerprint density at radius 3 is 2.25 bits per heavy atom. The van der Waals surface area contributed by atoms with Gasteiger partial charge in [-0.1, -0.05) is 19.4 Å². The van der Waals surface area contributed by atoms with Gasteiger partial charge in [0.1, 0.15) is 36.0 Å². The van der Waals surface area contributed by atoms with Crippen LogP contribution in [0.1, 0.15) is 30.9 Å². The SMILES string of the molecule is CCCC(O)[C@H](O)[C@@H](O)[C@H](O)[C@H](O)C(O)=Cc1ccc(F)c(C)c1. The van der Waals surface area contributed by atoms with E-state index in [-0.39, 0.29) is 6.42 Å². The first-order valence-electron chi connectivity index (χ1n) is 7.76. The Labute approximate surface area is 140 Å². The van der Waals surface area contributed by atoms with Crippen molar-refractivity contribution >= 4 is 6.08 Å². The minimum absolute atomic E-state index is 0.206. The van der Waals surface area contributed by atoms with Crippen LogP contribution in [0.5, 0.6) is 0 Å². The Hall–Kier alpha value is -1.51. The zero-order chi connectivity index (χ0) is 18.4. The molecule has 0 radical (unpaired) electrons. The average Bonchev–Trinajstić information content (AvgIpc) is 2.55. The van der Waals surface area contributed by atoms with E-state index in [9.17, 15) is 35.0 Å². The molecule has 1 aromatic carbocycles. The van der Waals surface area contributed by atoms with Gasteiger partial charge in [0, 0.05) is 0 Å². The maximum absolute atomic E-state index is 13.2. The molecule has 5 atom stereocenters. The van der Waals surface area contributed by atoms with Gasteiger partial charge in [0.25, 0.3) is 0 Å². The van der Waals surface area contributed by atoms with Gasteiger partial charge in [-0.05, 0) is 42.7 Å². The number of aliphatic hydroxyl groups excluding tert-OH is 6. The fraction of sp³-hybridized carbons (Fsp3) is 0.529. The molecule has 0 saturated heterocycles. The van der Waals surface area contributed by atoms with Gasteiger partial charge in [-0.25, -0.2) is 4.39 Å². The second-order valence-corrected chi connectivity index (χ2v) is 5.85. The van der Waals surface area contributed by atoms with E-state index in [4.69, 9.17) is 0 Å². The standard InChI is InChI=1S/C17H25FO6/c1-3-4-12(19)14(21)16(23)17(24)15(22)13(20)8-10-5-6-11(18)9(2)7-10/h5-8,12,14-17,19-24H,3-4H2,1-2H3/t12?,14-,15+,16+,17+/m0/s1. The minimum Gasteiger partial charge on any atom is -0.509 e. The first-order valence-corrected chi connectivity index (χ1v) is 7.76. The number of halogens is 1. The van der Waals surface area contributed by atoms with Gasteiger partial charge in [-0.3, -0.25) is 0 Å². The summed E-state index contributed by atoms with van der Waals surface area (Å²) in [5.74, 6) is -1.08. The number of benzene rings is 1. The van der Waals surface area contributed by atoms with Gasteiger partial charge in [-0.15, -0.1) is 0 Å². The van der Waals surface area contributed by atoms with Crippen LogP contribution in [0, 0.1) is 12.7 Å². The van der Waals surface area contributed by atoms with Crippen LogP contribution in [-0.4, -0.2) is 61.2 Å². The molecule has 0 aliphatic heterocycles. The van der Waals surface area contributed by atoms with E-state index in [0.29, 0.717) is 17.5 Å². The van der Waals surface area contributed by atoms with Crippen molar-refractivity contribution in [3.8, 4) is 0 Å². The lowest BCUT2D eigenvalue weighted by atomic mass is 9.96. The molecule has 1 unspecified atom stereocenters. The Balaban J connectivity index is 2.84. The summed E-state index contributed by atoms with van der Waals surface area (Å²) >= 11 is 0. The average molecular weight is 344 g/mol. The molecule has 7 heteroatoms. The van der Waals surface area contributed by atoms with Gasteiger partial charge in [0.2, 0.25) is 0 Å². The second-order valence-electron chi connectivity index (χ2n) is 5.85. The van der Waals surface area contributed by atoms with Crippen molar-refractivity contribution in [3.63, 3.8) is 0 Å². The van der Waals surface area contributed by atoms with Crippen LogP contribution in [0.2, 0.25) is 0 Å². The number of aryl methyl sites for hydroxylation is 1. The lowest BCUT2D eigenvalue weighted by molar-refractivity contribution is -0.132. The maximum atomic E-state index is 13.2. The Kier molecular flexibility index (Phi) is 7.78. The van der Waals surface area contributed by atoms with E-state index >= 15 is 0 Å². The summed E-state index contributed by atoms with van der Waals surface area (Å²) in [7, 11) is 0. The van der Waals surface area contributed by atoms with Crippen LogP contribution in [0.25, 0.3) is 6.08 Å². The molecule has 0 saturated carbocycles. The van der Waals surface area contributed by atoms with E-state index in [1.807, 2.05) is 0 Å². The van der Waals surface area contributed by atoms with Crippen molar-refractivity contribution in [2.75, 3.05) is 0 Å². The fourth-order valence-electron chi connectivity index (χ4n) is 2.27. The Bertz CT molecular complexity index is 562. The molecule has 0 aromatic heterocycles. The maximum Gasteiger partial charge on any atom is 0.139 e. The van der Waals surface area contributed by atoms with E-state index in [2.05, 4.69) is 0 Å². The number of hydrogen-bond acceptors (Lipinski definition) is 6. The monoisotopic (exact) mass is 344 g/mol. The highest BCUT2D eigenvalue weighted by molar-refractivity contribution is 5.53. The van der Waals surface area contributed by atoms with Crippen molar-refractivity contribution < 1.29 is 35.0 Å². The third kappa shape index (κ3) is 5.25. The summed E-state index contributed by atoms with van der Waals surface area (Å²) < 4.78 is 13.2. The molecular weight excluding hydrogens is 319 g/mol. The molecule has 1 rings (SSSR count). The lowest BCUT2D eigenvalue weighted by Gasteiger charge is -2.28. The van der Waals surface area contributed by atoms with Crippen molar-refractivity contribution in [2.24, 2.45) is 0 Å². The third-order valence-electron chi connectivity index (χ3n) is 3.80. The van der Waals surface area contributed by atoms with Gasteiger partial charge in [0.15, 0.2) is 0 Å². The molecule has 0 aliphatic carbocycles. The molecule has 6 nitrogen and oxygen atoms in total. The molecule has 6 N–H and O–H groups in total. The van der Waals surface area contributed by atoms with Gasteiger partial charge in [0.05, 0.1) is 6.10 Å². The number of hydrogen-bond donors (Lipinski definition) is 6. The van der Waals surface area contributed by atoms with Crippen LogP contribution < -0.4 is 0 Å². The number of rotatable bonds is 8. The zero-order valence-corrected chi connectivity index (χ0v) is 13.7. The quantitative estimate of drug-likeness (QED) is 0.385. The molecule has 0 amide bonds. The molecule has 0 spiro atoms. The first-order chi connectivity index (χ1) is 11.2. The summed E-state index contributed by atoms with van der Waals surface area (Å²) in [6, 6.07) is 3.99. The van der Waals surface area contributed by atoms with Crippen LogP contribution >= 0.6 is 0 Å². The Morgan fingerprint density at radius 2 is 1.71 bits per heavy atom. The van der Waals surface area contributed by atoms with Crippen molar-refractivity contribution in [2.45, 2.75) is 57.2 Å². The molecule has 0 heterocycles. The summed E-state index contributed by atoms with van der Waals surface area (Å²) in [5, 5.41) is 58.9. The van der Waals surface area contributed by atoms with Crippen molar-refractivity contribution in [1.82, 2.24) is 0 Å². The normalized spacial score (nSPS) is 18.8. The van der Waals surface area contributed by atoms with E-state index < -0.39 is 42.1 Å². The van der Waals surface area contributed by atoms with Crippen LogP contribution in [-0.2, 0) is 0 Å². The van der Waals surface area contributed by atoms with Gasteiger partial charge in [-0.2, -0.15) is 0 Å². The smallest absolute Gasteiger partial charge is 0.139 e. The molecule has 0 bridgehead atoms. The predicted molar refractivity (Wildman–Crippen MR) is 86.7 cm³/mol. The Morgan fingerprint density at radius 1 is 1.08 bits per heavy atom. The molecular formula is C17H25FO6. The third-order valence-corrected chi connectivity index (χ3v) is 3.80. The van der Waals surface area contributed by atoms with E-state index in [1.165, 1.54) is 25.1 Å². The predicted octanol–water partition coefficient (Wildman–Crippen LogP) is 0.638.